The van der Waals surface area contributed by atoms with Crippen LogP contribution in [0.5, 0.6) is 0 Å². The molecule has 3 nitrogen and oxygen atoms in total. The number of fused-ring (bicyclic) bond motifs is 1. The van der Waals surface area contributed by atoms with E-state index in [0.29, 0.717) is 29.5 Å². The Labute approximate surface area is 161 Å². The molecule has 1 unspecified atom stereocenters. The van der Waals surface area contributed by atoms with Crippen LogP contribution in [-0.2, 0) is 12.6 Å². The van der Waals surface area contributed by atoms with Crippen molar-refractivity contribution >= 4 is 16.9 Å². The molecule has 0 saturated heterocycles. The smallest absolute Gasteiger partial charge is 0.416 e. The lowest BCUT2D eigenvalue weighted by molar-refractivity contribution is -0.156. The maximum absolute atomic E-state index is 13.5. The third kappa shape index (κ3) is 4.55. The highest BCUT2D eigenvalue weighted by Gasteiger charge is 2.43. The number of aryl methyl sites for hydroxylation is 1. The number of benzene rings is 2. The maximum Gasteiger partial charge on any atom is 0.416 e. The first-order valence-electron chi connectivity index (χ1n) is 8.56. The van der Waals surface area contributed by atoms with Gasteiger partial charge < -0.3 is 9.73 Å². The number of hydrogen-bond acceptors (Lipinski definition) is 2. The van der Waals surface area contributed by atoms with Crippen molar-refractivity contribution in [1.82, 2.24) is 5.32 Å². The molecule has 1 aromatic heterocycles. The summed E-state index contributed by atoms with van der Waals surface area (Å²) in [7, 11) is 0. The Morgan fingerprint density at radius 1 is 1.03 bits per heavy atom. The Bertz CT molecular complexity index is 1040. The molecule has 0 fully saturated rings. The predicted molar refractivity (Wildman–Crippen MR) is 93.3 cm³/mol. The molecule has 9 heteroatoms. The van der Waals surface area contributed by atoms with Crippen LogP contribution in [0, 0.1) is 0 Å². The maximum atomic E-state index is 13.5. The van der Waals surface area contributed by atoms with Crippen molar-refractivity contribution in [2.75, 3.05) is 0 Å². The second kappa shape index (κ2) is 7.46. The molecule has 3 rings (SSSR count). The molecule has 29 heavy (non-hydrogen) atoms. The molecule has 0 aliphatic rings. The quantitative estimate of drug-likeness (QED) is 0.528. The Kier molecular flexibility index (Phi) is 5.34. The average Bonchev–Trinajstić information content (AvgIpc) is 3.07. The number of carbonyl (C=O) groups excluding carboxylic acids is 1. The molecule has 154 valence electrons. The van der Waals surface area contributed by atoms with Crippen LogP contribution in [0.1, 0.15) is 40.2 Å². The Balaban J connectivity index is 1.92. The van der Waals surface area contributed by atoms with Gasteiger partial charge in [0, 0.05) is 5.39 Å². The number of carbonyl (C=O) groups is 1. The number of hydrogen-bond donors (Lipinski definition) is 1. The highest BCUT2D eigenvalue weighted by atomic mass is 19.4. The number of halogens is 6. The van der Waals surface area contributed by atoms with Crippen molar-refractivity contribution in [3.63, 3.8) is 0 Å². The van der Waals surface area contributed by atoms with Gasteiger partial charge in [0.1, 0.15) is 5.58 Å². The van der Waals surface area contributed by atoms with E-state index >= 15 is 0 Å². The van der Waals surface area contributed by atoms with Gasteiger partial charge in [0.05, 0.1) is 5.56 Å². The largest absolute Gasteiger partial charge is 0.451 e. The van der Waals surface area contributed by atoms with E-state index in [0.717, 1.165) is 17.7 Å². The van der Waals surface area contributed by atoms with Gasteiger partial charge in [-0.3, -0.25) is 4.79 Å². The fraction of sp³-hybridized carbons (Fsp3) is 0.250. The Morgan fingerprint density at radius 2 is 1.76 bits per heavy atom. The molecule has 0 spiro atoms. The van der Waals surface area contributed by atoms with Crippen molar-refractivity contribution < 1.29 is 35.6 Å². The molecular formula is C20H15F6NO2. The number of nitrogens with one attached hydrogen (secondary N) is 1. The van der Waals surface area contributed by atoms with Crippen LogP contribution < -0.4 is 5.32 Å². The zero-order valence-corrected chi connectivity index (χ0v) is 15.0. The van der Waals surface area contributed by atoms with Crippen LogP contribution in [0.15, 0.2) is 52.9 Å². The SMILES string of the molecule is CCc1ccc2oc(C(=O)NC(c3cccc(C(F)(F)F)c3)C(F)(F)F)cc2c1. The minimum Gasteiger partial charge on any atom is -0.451 e. The summed E-state index contributed by atoms with van der Waals surface area (Å²) in [5.74, 6) is -1.55. The Hall–Kier alpha value is -2.97. The van der Waals surface area contributed by atoms with E-state index in [1.807, 2.05) is 6.92 Å². The second-order valence-electron chi connectivity index (χ2n) is 6.41. The van der Waals surface area contributed by atoms with E-state index in [9.17, 15) is 31.1 Å². The molecule has 0 aliphatic carbocycles. The van der Waals surface area contributed by atoms with Crippen LogP contribution in [0.2, 0.25) is 0 Å². The van der Waals surface area contributed by atoms with Gasteiger partial charge in [-0.1, -0.05) is 25.1 Å². The van der Waals surface area contributed by atoms with E-state index in [2.05, 4.69) is 0 Å². The number of furan rings is 1. The lowest BCUT2D eigenvalue weighted by atomic mass is 10.0. The lowest BCUT2D eigenvalue weighted by Gasteiger charge is -2.22. The normalized spacial score (nSPS) is 13.5. The van der Waals surface area contributed by atoms with Gasteiger partial charge in [0.15, 0.2) is 11.8 Å². The van der Waals surface area contributed by atoms with Crippen molar-refractivity contribution in [1.29, 1.82) is 0 Å². The summed E-state index contributed by atoms with van der Waals surface area (Å²) >= 11 is 0. The van der Waals surface area contributed by atoms with Gasteiger partial charge in [-0.25, -0.2) is 0 Å². The van der Waals surface area contributed by atoms with Gasteiger partial charge >= 0.3 is 12.4 Å². The van der Waals surface area contributed by atoms with E-state index in [1.165, 1.54) is 6.07 Å². The summed E-state index contributed by atoms with van der Waals surface area (Å²) in [6.07, 6.45) is -9.11. The van der Waals surface area contributed by atoms with Crippen LogP contribution in [0.25, 0.3) is 11.0 Å². The number of amides is 1. The van der Waals surface area contributed by atoms with Crippen LogP contribution in [0.3, 0.4) is 0 Å². The third-order valence-corrected chi connectivity index (χ3v) is 4.36. The summed E-state index contributed by atoms with van der Waals surface area (Å²) in [5.41, 5.74) is -0.711. The van der Waals surface area contributed by atoms with Gasteiger partial charge in [-0.15, -0.1) is 0 Å². The molecule has 0 radical (unpaired) electrons. The van der Waals surface area contributed by atoms with Gasteiger partial charge in [0.25, 0.3) is 5.91 Å². The molecule has 0 bridgehead atoms. The standard InChI is InChI=1S/C20H15F6NO2/c1-2-11-6-7-15-13(8-11)10-16(29-15)18(28)27-17(20(24,25)26)12-4-3-5-14(9-12)19(21,22)23/h3-10,17H,2H2,1H3,(H,27,28). The highest BCUT2D eigenvalue weighted by Crippen LogP contribution is 2.36. The lowest BCUT2D eigenvalue weighted by Crippen LogP contribution is -2.38. The van der Waals surface area contributed by atoms with Crippen molar-refractivity contribution in [3.05, 3.63) is 71.0 Å². The summed E-state index contributed by atoms with van der Waals surface area (Å²) in [6, 6.07) is 6.52. The van der Waals surface area contributed by atoms with Crippen molar-refractivity contribution in [2.45, 2.75) is 31.7 Å². The van der Waals surface area contributed by atoms with E-state index in [-0.39, 0.29) is 5.76 Å². The molecule has 1 heterocycles. The third-order valence-electron chi connectivity index (χ3n) is 4.36. The van der Waals surface area contributed by atoms with Gasteiger partial charge in [0.2, 0.25) is 0 Å². The van der Waals surface area contributed by atoms with Crippen molar-refractivity contribution in [3.8, 4) is 0 Å². The van der Waals surface area contributed by atoms with E-state index in [4.69, 9.17) is 4.42 Å². The summed E-state index contributed by atoms with van der Waals surface area (Å²) in [4.78, 5) is 12.4. The number of alkyl halides is 6. The first kappa shape index (κ1) is 20.8. The fourth-order valence-corrected chi connectivity index (χ4v) is 2.88. The molecule has 1 amide bonds. The van der Waals surface area contributed by atoms with Crippen LogP contribution >= 0.6 is 0 Å². The molecule has 3 aromatic rings. The Morgan fingerprint density at radius 3 is 2.38 bits per heavy atom. The predicted octanol–water partition coefficient (Wildman–Crippen LogP) is 6.05. The van der Waals surface area contributed by atoms with Crippen molar-refractivity contribution in [2.24, 2.45) is 0 Å². The zero-order valence-electron chi connectivity index (χ0n) is 15.0. The highest BCUT2D eigenvalue weighted by molar-refractivity contribution is 5.96. The topological polar surface area (TPSA) is 42.2 Å². The molecule has 1 N–H and O–H groups in total. The molecule has 0 aliphatic heterocycles. The molecule has 0 saturated carbocycles. The fourth-order valence-electron chi connectivity index (χ4n) is 2.88. The first-order chi connectivity index (χ1) is 13.5. The van der Waals surface area contributed by atoms with Crippen LogP contribution in [0.4, 0.5) is 26.3 Å². The summed E-state index contributed by atoms with van der Waals surface area (Å²) in [5, 5.41) is 2.27. The minimum absolute atomic E-state index is 0.315. The van der Waals surface area contributed by atoms with E-state index < -0.39 is 35.4 Å². The van der Waals surface area contributed by atoms with Gasteiger partial charge in [-0.05, 0) is 47.9 Å². The molecular weight excluding hydrogens is 400 g/mol. The molecule has 1 atom stereocenters. The average molecular weight is 415 g/mol. The number of rotatable bonds is 4. The first-order valence-corrected chi connectivity index (χ1v) is 8.56. The second-order valence-corrected chi connectivity index (χ2v) is 6.41. The summed E-state index contributed by atoms with van der Waals surface area (Å²) < 4.78 is 84.3. The zero-order chi connectivity index (χ0) is 21.4. The van der Waals surface area contributed by atoms with Gasteiger partial charge in [-0.2, -0.15) is 26.3 Å². The summed E-state index contributed by atoms with van der Waals surface area (Å²) in [6.45, 7) is 1.91. The molecule has 2 aromatic carbocycles. The monoisotopic (exact) mass is 415 g/mol. The van der Waals surface area contributed by atoms with E-state index in [1.54, 1.807) is 23.5 Å². The van der Waals surface area contributed by atoms with Crippen LogP contribution in [-0.4, -0.2) is 12.1 Å². The minimum atomic E-state index is -5.01.